The average molecular weight is 221 g/mol. The van der Waals surface area contributed by atoms with Crippen molar-refractivity contribution in [2.24, 2.45) is 13.0 Å². The van der Waals surface area contributed by atoms with Crippen molar-refractivity contribution < 1.29 is 0 Å². The summed E-state index contributed by atoms with van der Waals surface area (Å²) in [6, 6.07) is 0. The van der Waals surface area contributed by atoms with Gasteiger partial charge in [0.2, 0.25) is 0 Å². The van der Waals surface area contributed by atoms with Gasteiger partial charge >= 0.3 is 0 Å². The molecule has 0 bridgehead atoms. The highest BCUT2D eigenvalue weighted by Crippen LogP contribution is 2.23. The van der Waals surface area contributed by atoms with E-state index >= 15 is 0 Å². The Hall–Kier alpha value is -0.830. The zero-order chi connectivity index (χ0) is 11.2. The van der Waals surface area contributed by atoms with Crippen LogP contribution < -0.4 is 5.32 Å². The highest BCUT2D eigenvalue weighted by molar-refractivity contribution is 5.03. The van der Waals surface area contributed by atoms with E-state index in [1.165, 1.54) is 44.2 Å². The molecular formula is C13H23N3. The third-order valence-corrected chi connectivity index (χ3v) is 3.49. The van der Waals surface area contributed by atoms with Crippen molar-refractivity contribution in [2.45, 2.75) is 38.5 Å². The summed E-state index contributed by atoms with van der Waals surface area (Å²) < 4.78 is 1.88. The summed E-state index contributed by atoms with van der Waals surface area (Å²) in [6.45, 7) is 2.37. The van der Waals surface area contributed by atoms with E-state index in [-0.39, 0.29) is 0 Å². The van der Waals surface area contributed by atoms with E-state index in [0.717, 1.165) is 18.9 Å². The lowest BCUT2D eigenvalue weighted by Gasteiger charge is -2.09. The number of hydrogen-bond donors (Lipinski definition) is 1. The minimum Gasteiger partial charge on any atom is -0.316 e. The van der Waals surface area contributed by atoms with E-state index in [0.29, 0.717) is 0 Å². The molecule has 0 aromatic carbocycles. The lowest BCUT2D eigenvalue weighted by molar-refractivity contribution is 0.486. The molecule has 1 saturated carbocycles. The predicted molar refractivity (Wildman–Crippen MR) is 66.4 cm³/mol. The third-order valence-electron chi connectivity index (χ3n) is 3.49. The maximum absolute atomic E-state index is 4.17. The third kappa shape index (κ3) is 3.63. The molecule has 1 aliphatic rings. The molecule has 1 heterocycles. The summed E-state index contributed by atoms with van der Waals surface area (Å²) in [5.41, 5.74) is 1.35. The SMILES string of the molecule is Cn1cc(CCCNCC2CCCC2)cn1. The minimum absolute atomic E-state index is 0.957. The van der Waals surface area contributed by atoms with Gasteiger partial charge in [-0.25, -0.2) is 0 Å². The van der Waals surface area contributed by atoms with Crippen LogP contribution >= 0.6 is 0 Å². The zero-order valence-corrected chi connectivity index (χ0v) is 10.3. The van der Waals surface area contributed by atoms with Gasteiger partial charge in [0.1, 0.15) is 0 Å². The second kappa shape index (κ2) is 6.04. The smallest absolute Gasteiger partial charge is 0.0521 e. The summed E-state index contributed by atoms with van der Waals surface area (Å²) in [6.07, 6.45) is 12.2. The molecule has 0 unspecified atom stereocenters. The Bertz CT molecular complexity index is 300. The van der Waals surface area contributed by atoms with Gasteiger partial charge in [-0.15, -0.1) is 0 Å². The van der Waals surface area contributed by atoms with Crippen molar-refractivity contribution in [2.75, 3.05) is 13.1 Å². The Balaban J connectivity index is 1.51. The van der Waals surface area contributed by atoms with Crippen LogP contribution in [0, 0.1) is 5.92 Å². The Kier molecular flexibility index (Phi) is 4.40. The fourth-order valence-electron chi connectivity index (χ4n) is 2.54. The largest absolute Gasteiger partial charge is 0.316 e. The van der Waals surface area contributed by atoms with Gasteiger partial charge < -0.3 is 5.32 Å². The van der Waals surface area contributed by atoms with E-state index in [2.05, 4.69) is 16.6 Å². The Morgan fingerprint density at radius 1 is 1.44 bits per heavy atom. The van der Waals surface area contributed by atoms with Gasteiger partial charge in [-0.2, -0.15) is 5.10 Å². The van der Waals surface area contributed by atoms with E-state index in [1.54, 1.807) is 0 Å². The molecule has 1 fully saturated rings. The summed E-state index contributed by atoms with van der Waals surface area (Å²) in [5, 5.41) is 7.75. The fourth-order valence-corrected chi connectivity index (χ4v) is 2.54. The van der Waals surface area contributed by atoms with E-state index in [9.17, 15) is 0 Å². The highest BCUT2D eigenvalue weighted by Gasteiger charge is 2.13. The first-order chi connectivity index (χ1) is 7.84. The molecule has 0 radical (unpaired) electrons. The van der Waals surface area contributed by atoms with Gasteiger partial charge in [0.25, 0.3) is 0 Å². The number of rotatable bonds is 6. The lowest BCUT2D eigenvalue weighted by Crippen LogP contribution is -2.22. The molecule has 3 heteroatoms. The van der Waals surface area contributed by atoms with Crippen LogP contribution in [0.5, 0.6) is 0 Å². The molecule has 1 aliphatic carbocycles. The second-order valence-electron chi connectivity index (χ2n) is 4.98. The molecule has 0 atom stereocenters. The van der Waals surface area contributed by atoms with Crippen LogP contribution in [0.4, 0.5) is 0 Å². The van der Waals surface area contributed by atoms with Gasteiger partial charge in [0.05, 0.1) is 6.20 Å². The summed E-state index contributed by atoms with van der Waals surface area (Å²) in [4.78, 5) is 0. The normalized spacial score (nSPS) is 17.1. The first kappa shape index (κ1) is 11.6. The number of aryl methyl sites for hydroxylation is 2. The average Bonchev–Trinajstić information content (AvgIpc) is 2.89. The van der Waals surface area contributed by atoms with Crippen LogP contribution in [0.15, 0.2) is 12.4 Å². The maximum atomic E-state index is 4.17. The van der Waals surface area contributed by atoms with Crippen LogP contribution in [-0.2, 0) is 13.5 Å². The van der Waals surface area contributed by atoms with Crippen LogP contribution in [0.25, 0.3) is 0 Å². The predicted octanol–water partition coefficient (Wildman–Crippen LogP) is 2.13. The zero-order valence-electron chi connectivity index (χ0n) is 10.3. The molecule has 1 aromatic heterocycles. The van der Waals surface area contributed by atoms with Gasteiger partial charge in [-0.1, -0.05) is 12.8 Å². The van der Waals surface area contributed by atoms with Crippen LogP contribution in [-0.4, -0.2) is 22.9 Å². The van der Waals surface area contributed by atoms with Gasteiger partial charge in [-0.05, 0) is 50.3 Å². The first-order valence-electron chi connectivity index (χ1n) is 6.53. The quantitative estimate of drug-likeness (QED) is 0.746. The number of nitrogens with zero attached hydrogens (tertiary/aromatic N) is 2. The lowest BCUT2D eigenvalue weighted by atomic mass is 10.1. The molecule has 90 valence electrons. The second-order valence-corrected chi connectivity index (χ2v) is 4.98. The van der Waals surface area contributed by atoms with Crippen molar-refractivity contribution in [3.63, 3.8) is 0 Å². The van der Waals surface area contributed by atoms with Crippen molar-refractivity contribution in [1.29, 1.82) is 0 Å². The van der Waals surface area contributed by atoms with Crippen molar-refractivity contribution in [3.8, 4) is 0 Å². The molecule has 0 spiro atoms. The molecule has 3 nitrogen and oxygen atoms in total. The fraction of sp³-hybridized carbons (Fsp3) is 0.769. The van der Waals surface area contributed by atoms with Crippen molar-refractivity contribution in [1.82, 2.24) is 15.1 Å². The molecular weight excluding hydrogens is 198 g/mol. The Labute approximate surface area is 98.2 Å². The minimum atomic E-state index is 0.957. The molecule has 0 amide bonds. The van der Waals surface area contributed by atoms with Gasteiger partial charge in [0.15, 0.2) is 0 Å². The van der Waals surface area contributed by atoms with Crippen molar-refractivity contribution in [3.05, 3.63) is 18.0 Å². The monoisotopic (exact) mass is 221 g/mol. The standard InChI is InChI=1S/C13H23N3/c1-16-11-13(10-15-16)7-4-8-14-9-12-5-2-3-6-12/h10-12,14H,2-9H2,1H3. The number of nitrogens with one attached hydrogen (secondary N) is 1. The van der Waals surface area contributed by atoms with Gasteiger partial charge in [0, 0.05) is 13.2 Å². The van der Waals surface area contributed by atoms with Crippen molar-refractivity contribution >= 4 is 0 Å². The van der Waals surface area contributed by atoms with E-state index < -0.39 is 0 Å². The first-order valence-corrected chi connectivity index (χ1v) is 6.53. The van der Waals surface area contributed by atoms with E-state index in [1.807, 2.05) is 17.9 Å². The van der Waals surface area contributed by atoms with E-state index in [4.69, 9.17) is 0 Å². The van der Waals surface area contributed by atoms with Crippen LogP contribution in [0.2, 0.25) is 0 Å². The summed E-state index contributed by atoms with van der Waals surface area (Å²) in [5.74, 6) is 0.957. The maximum Gasteiger partial charge on any atom is 0.0521 e. The molecule has 1 N–H and O–H groups in total. The summed E-state index contributed by atoms with van der Waals surface area (Å²) in [7, 11) is 1.97. The van der Waals surface area contributed by atoms with Crippen LogP contribution in [0.3, 0.4) is 0 Å². The topological polar surface area (TPSA) is 29.9 Å². The molecule has 2 rings (SSSR count). The Morgan fingerprint density at radius 3 is 2.94 bits per heavy atom. The number of hydrogen-bond acceptors (Lipinski definition) is 2. The number of aromatic nitrogens is 2. The molecule has 16 heavy (non-hydrogen) atoms. The molecule has 1 aromatic rings. The Morgan fingerprint density at radius 2 is 2.25 bits per heavy atom. The highest BCUT2D eigenvalue weighted by atomic mass is 15.2. The summed E-state index contributed by atoms with van der Waals surface area (Å²) >= 11 is 0. The molecule has 0 saturated heterocycles. The van der Waals surface area contributed by atoms with Crippen LogP contribution in [0.1, 0.15) is 37.7 Å². The molecule has 0 aliphatic heterocycles. The van der Waals surface area contributed by atoms with Gasteiger partial charge in [-0.3, -0.25) is 4.68 Å².